The van der Waals surface area contributed by atoms with Crippen LogP contribution >= 0.6 is 0 Å². The Hall–Kier alpha value is -7.32. The van der Waals surface area contributed by atoms with Crippen molar-refractivity contribution in [1.29, 1.82) is 5.26 Å². The van der Waals surface area contributed by atoms with Gasteiger partial charge < -0.3 is 33.7 Å². The molecule has 0 unspecified atom stereocenters. The summed E-state index contributed by atoms with van der Waals surface area (Å²) in [7, 11) is 3.43. The van der Waals surface area contributed by atoms with Crippen molar-refractivity contribution in [1.82, 2.24) is 23.8 Å². The first kappa shape index (κ1) is 48.7. The van der Waals surface area contributed by atoms with Gasteiger partial charge in [-0.25, -0.2) is 0 Å². The van der Waals surface area contributed by atoms with Crippen molar-refractivity contribution < 1.29 is 42.5 Å². The molecule has 16 heteroatoms. The van der Waals surface area contributed by atoms with E-state index in [1.807, 2.05) is 82.1 Å². The van der Waals surface area contributed by atoms with Crippen LogP contribution in [0.1, 0.15) is 72.2 Å². The minimum atomic E-state index is -3.05. The number of anilines is 2. The highest BCUT2D eigenvalue weighted by Crippen LogP contribution is 2.39. The number of phenols is 1. The summed E-state index contributed by atoms with van der Waals surface area (Å²) in [6.07, 6.45) is 1.31. The van der Waals surface area contributed by atoms with Gasteiger partial charge in [0, 0.05) is 87.3 Å². The number of phenolic OH excluding ortho intramolecular Hbond substituents is 1. The van der Waals surface area contributed by atoms with E-state index in [2.05, 4.69) is 11.0 Å². The number of carbonyl (C=O) groups excluding carboxylic acids is 3. The number of hydrogen-bond donors (Lipinski definition) is 1. The number of carbonyl (C=O) groups is 3. The zero-order chi connectivity index (χ0) is 49.9. The summed E-state index contributed by atoms with van der Waals surface area (Å²) < 4.78 is 48.3. The number of aromatic hydroxyl groups is 1. The smallest absolute Gasteiger partial charge is 0.319 e. The van der Waals surface area contributed by atoms with Crippen LogP contribution in [0.2, 0.25) is 0 Å². The Morgan fingerprint density at radius 3 is 2.30 bits per heavy atom. The second kappa shape index (κ2) is 21.0. The molecule has 14 nitrogen and oxygen atoms in total. The fraction of sp³-hybridized carbons (Fsp3) is 0.345. The molecule has 0 spiro atoms. The van der Waals surface area contributed by atoms with Crippen molar-refractivity contribution in [2.24, 2.45) is 7.05 Å². The molecule has 71 heavy (non-hydrogen) atoms. The molecule has 1 atom stereocenters. The fourth-order valence-corrected chi connectivity index (χ4v) is 10.1. The Morgan fingerprint density at radius 1 is 0.873 bits per heavy atom. The van der Waals surface area contributed by atoms with Crippen molar-refractivity contribution in [2.75, 3.05) is 64.6 Å². The van der Waals surface area contributed by atoms with Gasteiger partial charge in [-0.3, -0.25) is 28.8 Å². The largest absolute Gasteiger partial charge is 0.508 e. The highest BCUT2D eigenvalue weighted by atomic mass is 19.3. The van der Waals surface area contributed by atoms with Crippen LogP contribution in [0.5, 0.6) is 11.5 Å². The molecule has 2 aromatic heterocycles. The summed E-state index contributed by atoms with van der Waals surface area (Å²) >= 11 is 0. The van der Waals surface area contributed by atoms with E-state index >= 15 is 9.59 Å². The third kappa shape index (κ3) is 10.0. The average molecular weight is 966 g/mol. The summed E-state index contributed by atoms with van der Waals surface area (Å²) in [4.78, 5) is 51.7. The summed E-state index contributed by atoms with van der Waals surface area (Å²) in [5.74, 6) is -0.171. The lowest BCUT2D eigenvalue weighted by Crippen LogP contribution is -2.47. The number of amides is 3. The minimum absolute atomic E-state index is 0.00576. The molecule has 9 rings (SSSR count). The molecule has 6 aromatic rings. The molecular formula is C55H57F2N7O7. The number of alkyl halides is 2. The summed E-state index contributed by atoms with van der Waals surface area (Å²) in [5, 5.41) is 20.0. The number of nitriles is 1. The first-order valence-electron chi connectivity index (χ1n) is 23.9. The number of morpholine rings is 1. The average Bonchev–Trinajstić information content (AvgIpc) is 3.87. The van der Waals surface area contributed by atoms with E-state index in [-0.39, 0.29) is 58.4 Å². The number of hydrogen-bond acceptors (Lipinski definition) is 9. The molecule has 368 valence electrons. The fourth-order valence-electron chi connectivity index (χ4n) is 10.1. The zero-order valence-corrected chi connectivity index (χ0v) is 40.4. The Kier molecular flexibility index (Phi) is 14.4. The van der Waals surface area contributed by atoms with E-state index in [9.17, 15) is 23.9 Å². The van der Waals surface area contributed by atoms with Crippen molar-refractivity contribution in [2.45, 2.75) is 58.8 Å². The number of benzene rings is 4. The summed E-state index contributed by atoms with van der Waals surface area (Å²) in [5.41, 5.74) is 7.15. The summed E-state index contributed by atoms with van der Waals surface area (Å²) in [6, 6.07) is 29.9. The first-order valence-corrected chi connectivity index (χ1v) is 23.9. The number of fused-ring (bicyclic) bond motifs is 2. The molecule has 3 aliphatic heterocycles. The second-order valence-corrected chi connectivity index (χ2v) is 18.4. The second-order valence-electron chi connectivity index (χ2n) is 18.4. The maximum Gasteiger partial charge on any atom is 0.319 e. The van der Waals surface area contributed by atoms with Gasteiger partial charge in [0.1, 0.15) is 29.9 Å². The first-order chi connectivity index (χ1) is 34.3. The monoisotopic (exact) mass is 965 g/mol. The van der Waals surface area contributed by atoms with E-state index < -0.39 is 12.5 Å². The normalized spacial score (nSPS) is 15.8. The zero-order valence-electron chi connectivity index (χ0n) is 40.4. The predicted octanol–water partition coefficient (Wildman–Crippen LogP) is 8.11. The SMILES string of the molecule is COC[C@@H]1Cc2ccccc2CN1C(=O)c1cc2c(cc1-c1cc(C(=O)N(c3ccc(O)cc3)c3cc(C#N)n(C(F)F)c3C)c(C)n1C)CCN(C(=O)Cc1ccc(OCCN3CCOCC3)cc1)C2. The van der Waals surface area contributed by atoms with Gasteiger partial charge in [0.25, 0.3) is 11.8 Å². The predicted molar refractivity (Wildman–Crippen MR) is 263 cm³/mol. The van der Waals surface area contributed by atoms with Crippen molar-refractivity contribution in [3.05, 3.63) is 153 Å². The molecule has 0 saturated carbocycles. The number of halogens is 2. The van der Waals surface area contributed by atoms with E-state index in [0.717, 1.165) is 66.4 Å². The molecule has 0 aliphatic carbocycles. The van der Waals surface area contributed by atoms with E-state index in [0.29, 0.717) is 72.8 Å². The molecule has 0 bridgehead atoms. The van der Waals surface area contributed by atoms with Gasteiger partial charge in [-0.2, -0.15) is 14.0 Å². The van der Waals surface area contributed by atoms with Crippen LogP contribution in [0.4, 0.5) is 20.2 Å². The van der Waals surface area contributed by atoms with Gasteiger partial charge in [0.2, 0.25) is 5.91 Å². The standard InChI is InChI=1S/C55H57F2N7O7/c1-35-47(54(68)64(42-11-13-45(65)14-12-42)50-29-43(31-58)63(36(50)2)55(56)57)30-51(59(35)3)48-27-39-17-18-61(52(66)25-37-9-15-46(16-10-37)71-24-21-60-19-22-70-23-20-60)32-41(39)28-49(48)53(67)62-33-40-8-6-5-7-38(40)26-44(62)34-69-4/h5-16,27-30,44,55,65H,17-26,32-34H2,1-4H3/t44-/m0/s1. The minimum Gasteiger partial charge on any atom is -0.508 e. The van der Waals surface area contributed by atoms with E-state index in [1.54, 1.807) is 20.1 Å². The van der Waals surface area contributed by atoms with Crippen molar-refractivity contribution in [3.63, 3.8) is 0 Å². The molecular weight excluding hydrogens is 909 g/mol. The number of methoxy groups -OCH3 is 1. The Labute approximate surface area is 411 Å². The Morgan fingerprint density at radius 2 is 1.61 bits per heavy atom. The van der Waals surface area contributed by atoms with Crippen molar-refractivity contribution in [3.8, 4) is 28.8 Å². The number of rotatable bonds is 14. The Bertz CT molecular complexity index is 2990. The highest BCUT2D eigenvalue weighted by Gasteiger charge is 2.35. The van der Waals surface area contributed by atoms with Gasteiger partial charge in [0.05, 0.1) is 43.5 Å². The summed E-state index contributed by atoms with van der Waals surface area (Å²) in [6.45, 7) is 6.18. The third-order valence-electron chi connectivity index (χ3n) is 14.1. The van der Waals surface area contributed by atoms with E-state index in [4.69, 9.17) is 14.2 Å². The quantitative estimate of drug-likeness (QED) is 0.114. The van der Waals surface area contributed by atoms with Crippen LogP contribution in [0.15, 0.2) is 97.1 Å². The molecule has 5 heterocycles. The van der Waals surface area contributed by atoms with Gasteiger partial charge in [-0.05, 0) is 115 Å². The molecule has 1 N–H and O–H groups in total. The van der Waals surface area contributed by atoms with Crippen molar-refractivity contribution >= 4 is 29.1 Å². The third-order valence-corrected chi connectivity index (χ3v) is 14.1. The molecule has 1 saturated heterocycles. The number of aromatic nitrogens is 2. The molecule has 1 fully saturated rings. The van der Waals surface area contributed by atoms with Gasteiger partial charge in [0.15, 0.2) is 0 Å². The highest BCUT2D eigenvalue weighted by molar-refractivity contribution is 6.13. The van der Waals surface area contributed by atoms with Gasteiger partial charge in [-0.15, -0.1) is 0 Å². The van der Waals surface area contributed by atoms with Crippen LogP contribution in [0, 0.1) is 25.2 Å². The molecule has 0 radical (unpaired) electrons. The molecule has 4 aromatic carbocycles. The maximum absolute atomic E-state index is 15.4. The van der Waals surface area contributed by atoms with Gasteiger partial charge in [-0.1, -0.05) is 36.4 Å². The lowest BCUT2D eigenvalue weighted by Gasteiger charge is -2.37. The topological polar surface area (TPSA) is 146 Å². The van der Waals surface area contributed by atoms with E-state index in [1.165, 1.54) is 42.2 Å². The lowest BCUT2D eigenvalue weighted by atomic mass is 9.89. The molecule has 3 aliphatic rings. The number of nitrogens with zero attached hydrogens (tertiary/aromatic N) is 7. The van der Waals surface area contributed by atoms with Gasteiger partial charge >= 0.3 is 6.55 Å². The lowest BCUT2D eigenvalue weighted by molar-refractivity contribution is -0.131. The number of ether oxygens (including phenoxy) is 3. The Balaban J connectivity index is 1.05. The van der Waals surface area contributed by atoms with Crippen LogP contribution in [-0.4, -0.2) is 112 Å². The van der Waals surface area contributed by atoms with Crippen LogP contribution in [0.25, 0.3) is 11.3 Å². The maximum atomic E-state index is 15.4. The van der Waals surface area contributed by atoms with Crippen LogP contribution < -0.4 is 9.64 Å². The van der Waals surface area contributed by atoms with Crippen LogP contribution in [0.3, 0.4) is 0 Å². The van der Waals surface area contributed by atoms with Crippen LogP contribution in [-0.2, 0) is 53.7 Å². The molecule has 3 amide bonds.